The largest absolute Gasteiger partial charge is 0.465 e. The number of methoxy groups -OCH3 is 1. The van der Waals surface area contributed by atoms with Gasteiger partial charge in [0.05, 0.1) is 18.7 Å². The predicted molar refractivity (Wildman–Crippen MR) is 119 cm³/mol. The van der Waals surface area contributed by atoms with Crippen LogP contribution in [0.2, 0.25) is 0 Å². The first-order valence-corrected chi connectivity index (χ1v) is 11.5. The summed E-state index contributed by atoms with van der Waals surface area (Å²) in [7, 11) is 1.37. The number of carbonyl (C=O) groups is 2. The van der Waals surface area contributed by atoms with Crippen molar-refractivity contribution in [3.05, 3.63) is 70.5 Å². The second kappa shape index (κ2) is 8.66. The maximum atomic E-state index is 13.6. The van der Waals surface area contributed by atoms with Gasteiger partial charge in [0.25, 0.3) is 0 Å². The van der Waals surface area contributed by atoms with E-state index >= 15 is 0 Å². The summed E-state index contributed by atoms with van der Waals surface area (Å²) in [4.78, 5) is 30.0. The highest BCUT2D eigenvalue weighted by Crippen LogP contribution is 2.39. The fourth-order valence-corrected chi connectivity index (χ4v) is 5.81. The average Bonchev–Trinajstić information content (AvgIpc) is 2.83. The first kappa shape index (κ1) is 21.1. The summed E-state index contributed by atoms with van der Waals surface area (Å²) >= 11 is 0. The highest BCUT2D eigenvalue weighted by Gasteiger charge is 2.38. The number of esters is 1. The number of amides is 1. The molecule has 0 unspecified atom stereocenters. The van der Waals surface area contributed by atoms with E-state index in [0.717, 1.165) is 36.3 Å². The monoisotopic (exact) mass is 436 g/mol. The van der Waals surface area contributed by atoms with Gasteiger partial charge in [0.2, 0.25) is 5.91 Å². The van der Waals surface area contributed by atoms with E-state index in [2.05, 4.69) is 4.90 Å². The van der Waals surface area contributed by atoms with Crippen LogP contribution >= 0.6 is 0 Å². The van der Waals surface area contributed by atoms with Crippen molar-refractivity contribution in [3.63, 3.8) is 0 Å². The van der Waals surface area contributed by atoms with Crippen LogP contribution in [-0.4, -0.2) is 55.0 Å². The molecule has 5 nitrogen and oxygen atoms in total. The predicted octanol–water partition coefficient (Wildman–Crippen LogP) is 3.82. The number of rotatable bonds is 4. The van der Waals surface area contributed by atoms with Gasteiger partial charge in [-0.05, 0) is 85.1 Å². The molecule has 3 saturated heterocycles. The van der Waals surface area contributed by atoms with Crippen molar-refractivity contribution in [1.29, 1.82) is 0 Å². The van der Waals surface area contributed by atoms with Gasteiger partial charge in [0.15, 0.2) is 0 Å². The van der Waals surface area contributed by atoms with Crippen LogP contribution in [0, 0.1) is 17.7 Å². The lowest BCUT2D eigenvalue weighted by atomic mass is 9.77. The zero-order valence-electron chi connectivity index (χ0n) is 18.4. The minimum absolute atomic E-state index is 0.167. The van der Waals surface area contributed by atoms with Crippen LogP contribution in [0.5, 0.6) is 0 Å². The topological polar surface area (TPSA) is 49.9 Å². The Morgan fingerprint density at radius 1 is 1.06 bits per heavy atom. The maximum absolute atomic E-state index is 13.6. The van der Waals surface area contributed by atoms with Crippen LogP contribution in [0.3, 0.4) is 0 Å². The third-order valence-corrected chi connectivity index (χ3v) is 7.53. The zero-order valence-corrected chi connectivity index (χ0v) is 18.4. The van der Waals surface area contributed by atoms with E-state index < -0.39 is 0 Å². The van der Waals surface area contributed by atoms with Gasteiger partial charge in [-0.25, -0.2) is 9.18 Å². The van der Waals surface area contributed by atoms with E-state index in [-0.39, 0.29) is 23.7 Å². The number of piperidine rings is 3. The van der Waals surface area contributed by atoms with Crippen LogP contribution in [-0.2, 0) is 16.0 Å². The van der Waals surface area contributed by atoms with Crippen LogP contribution in [0.25, 0.3) is 0 Å². The average molecular weight is 437 g/mol. The molecule has 2 aromatic rings. The van der Waals surface area contributed by atoms with Gasteiger partial charge in [-0.2, -0.15) is 0 Å². The Balaban J connectivity index is 1.46. The van der Waals surface area contributed by atoms with Crippen molar-refractivity contribution in [3.8, 4) is 0 Å². The number of benzene rings is 2. The van der Waals surface area contributed by atoms with Gasteiger partial charge in [0, 0.05) is 19.5 Å². The van der Waals surface area contributed by atoms with Gasteiger partial charge in [-0.15, -0.1) is 0 Å². The summed E-state index contributed by atoms with van der Waals surface area (Å²) in [5, 5.41) is 0. The molecule has 0 aromatic heterocycles. The number of hydrogen-bond donors (Lipinski definition) is 0. The van der Waals surface area contributed by atoms with Gasteiger partial charge < -0.3 is 14.5 Å². The molecule has 6 heteroatoms. The molecule has 2 atom stereocenters. The standard InChI is InChI=1S/C26H29FN2O3/c1-32-26(31)20-4-7-23-19(14-20)10-13-29(25(23)18-2-5-22(27)6-3-18)24(30)15-21-16-28-11-8-17(21)9-12-28/h2-7,14,17,21,25H,8-13,15-16H2,1H3/t21-,25-/m1/s1. The minimum Gasteiger partial charge on any atom is -0.465 e. The van der Waals surface area contributed by atoms with Gasteiger partial charge >= 0.3 is 5.97 Å². The Hall–Kier alpha value is -2.73. The fraction of sp³-hybridized carbons (Fsp3) is 0.462. The number of ether oxygens (including phenoxy) is 1. The second-order valence-corrected chi connectivity index (χ2v) is 9.30. The molecule has 4 aliphatic heterocycles. The smallest absolute Gasteiger partial charge is 0.337 e. The molecule has 0 saturated carbocycles. The molecule has 4 aliphatic rings. The normalized spacial score (nSPS) is 26.5. The van der Waals surface area contributed by atoms with E-state index in [1.807, 2.05) is 17.0 Å². The highest BCUT2D eigenvalue weighted by molar-refractivity contribution is 5.89. The lowest BCUT2D eigenvalue weighted by molar-refractivity contribution is -0.136. The Morgan fingerprint density at radius 2 is 1.81 bits per heavy atom. The summed E-state index contributed by atoms with van der Waals surface area (Å²) in [6.07, 6.45) is 3.63. The van der Waals surface area contributed by atoms with Crippen molar-refractivity contribution in [1.82, 2.24) is 9.80 Å². The zero-order chi connectivity index (χ0) is 22.2. The van der Waals surface area contributed by atoms with Crippen molar-refractivity contribution in [2.24, 2.45) is 11.8 Å². The number of carbonyl (C=O) groups excluding carboxylic acids is 2. The summed E-state index contributed by atoms with van der Waals surface area (Å²) in [5.74, 6) is 0.568. The van der Waals surface area contributed by atoms with Gasteiger partial charge in [0.1, 0.15) is 5.82 Å². The molecule has 6 rings (SSSR count). The van der Waals surface area contributed by atoms with Crippen molar-refractivity contribution < 1.29 is 18.7 Å². The third-order valence-electron chi connectivity index (χ3n) is 7.53. The lowest BCUT2D eigenvalue weighted by Crippen LogP contribution is -2.49. The number of nitrogens with zero attached hydrogens (tertiary/aromatic N) is 2. The quantitative estimate of drug-likeness (QED) is 0.684. The van der Waals surface area contributed by atoms with Crippen LogP contribution in [0.4, 0.5) is 4.39 Å². The van der Waals surface area contributed by atoms with Crippen molar-refractivity contribution in [2.45, 2.75) is 31.7 Å². The molecular weight excluding hydrogens is 407 g/mol. The Labute approximate surface area is 188 Å². The van der Waals surface area contributed by atoms with Crippen molar-refractivity contribution >= 4 is 11.9 Å². The highest BCUT2D eigenvalue weighted by atomic mass is 19.1. The molecule has 4 heterocycles. The maximum Gasteiger partial charge on any atom is 0.337 e. The molecule has 1 amide bonds. The Bertz CT molecular complexity index is 1010. The summed E-state index contributed by atoms with van der Waals surface area (Å²) in [5.41, 5.74) is 3.43. The molecule has 2 bridgehead atoms. The van der Waals surface area contributed by atoms with Gasteiger partial charge in [-0.3, -0.25) is 4.79 Å². The summed E-state index contributed by atoms with van der Waals surface area (Å²) in [6.45, 7) is 3.92. The first-order valence-electron chi connectivity index (χ1n) is 11.5. The minimum atomic E-state index is -0.369. The molecule has 32 heavy (non-hydrogen) atoms. The fourth-order valence-electron chi connectivity index (χ4n) is 5.81. The Morgan fingerprint density at radius 3 is 2.47 bits per heavy atom. The third kappa shape index (κ3) is 3.92. The van der Waals surface area contributed by atoms with Crippen molar-refractivity contribution in [2.75, 3.05) is 33.3 Å². The van der Waals surface area contributed by atoms with Gasteiger partial charge in [-0.1, -0.05) is 18.2 Å². The summed E-state index contributed by atoms with van der Waals surface area (Å²) in [6, 6.07) is 11.7. The molecule has 0 aliphatic carbocycles. The number of halogens is 1. The molecule has 0 N–H and O–H groups in total. The van der Waals surface area contributed by atoms with Crippen LogP contribution in [0.15, 0.2) is 42.5 Å². The first-order chi connectivity index (χ1) is 15.5. The molecule has 168 valence electrons. The lowest BCUT2D eigenvalue weighted by Gasteiger charge is -2.46. The van der Waals surface area contributed by atoms with E-state index in [1.54, 1.807) is 18.2 Å². The number of fused-ring (bicyclic) bond motifs is 4. The van der Waals surface area contributed by atoms with E-state index in [0.29, 0.717) is 36.8 Å². The van der Waals surface area contributed by atoms with Crippen LogP contribution < -0.4 is 0 Å². The van der Waals surface area contributed by atoms with E-state index in [9.17, 15) is 14.0 Å². The molecule has 2 aromatic carbocycles. The molecule has 3 fully saturated rings. The molecule has 0 spiro atoms. The van der Waals surface area contributed by atoms with E-state index in [4.69, 9.17) is 4.74 Å². The molecule has 0 radical (unpaired) electrons. The Kier molecular flexibility index (Phi) is 5.72. The van der Waals surface area contributed by atoms with Crippen LogP contribution in [0.1, 0.15) is 52.4 Å². The van der Waals surface area contributed by atoms with E-state index in [1.165, 1.54) is 32.1 Å². The number of hydrogen-bond acceptors (Lipinski definition) is 4. The molecular formula is C26H29FN2O3. The summed E-state index contributed by atoms with van der Waals surface area (Å²) < 4.78 is 18.5. The second-order valence-electron chi connectivity index (χ2n) is 9.30. The SMILES string of the molecule is COC(=O)c1ccc2c(c1)CCN(C(=O)C[C@@H]1CN3CCC1CC3)[C@@H]2c1ccc(F)cc1.